The van der Waals surface area contributed by atoms with Crippen molar-refractivity contribution in [3.05, 3.63) is 29.8 Å². The molecule has 1 rings (SSSR count). The first-order valence-corrected chi connectivity index (χ1v) is 6.75. The molecule has 102 valence electrons. The largest absolute Gasteiger partial charge is 0.493 e. The molecule has 1 atom stereocenters. The van der Waals surface area contributed by atoms with Gasteiger partial charge in [0.1, 0.15) is 5.75 Å². The third kappa shape index (κ3) is 5.07. The van der Waals surface area contributed by atoms with E-state index in [9.17, 15) is 0 Å². The average Bonchev–Trinajstić information content (AvgIpc) is 2.35. The molecule has 0 radical (unpaired) electrons. The number of hydrogen-bond acceptors (Lipinski definition) is 3. The Labute approximate surface area is 111 Å². The highest BCUT2D eigenvalue weighted by molar-refractivity contribution is 5.35. The van der Waals surface area contributed by atoms with Crippen molar-refractivity contribution < 1.29 is 4.74 Å². The van der Waals surface area contributed by atoms with Crippen molar-refractivity contribution in [3.63, 3.8) is 0 Å². The van der Waals surface area contributed by atoms with Crippen LogP contribution < -0.4 is 10.1 Å². The van der Waals surface area contributed by atoms with Gasteiger partial charge in [0.15, 0.2) is 0 Å². The average molecular weight is 250 g/mol. The molecule has 0 saturated heterocycles. The number of para-hydroxylation sites is 1. The molecule has 0 aromatic heterocycles. The Morgan fingerprint density at radius 3 is 2.67 bits per heavy atom. The van der Waals surface area contributed by atoms with Crippen molar-refractivity contribution in [2.24, 2.45) is 0 Å². The molecule has 0 bridgehead atoms. The van der Waals surface area contributed by atoms with Gasteiger partial charge in [0, 0.05) is 18.2 Å². The summed E-state index contributed by atoms with van der Waals surface area (Å²) in [6.45, 7) is 7.09. The second-order valence-corrected chi connectivity index (χ2v) is 4.82. The Balaban J connectivity index is 2.53. The third-order valence-electron chi connectivity index (χ3n) is 2.90. The van der Waals surface area contributed by atoms with Gasteiger partial charge in [-0.05, 0) is 40.1 Å². The van der Waals surface area contributed by atoms with E-state index in [1.165, 1.54) is 5.56 Å². The molecule has 0 heterocycles. The Bertz CT molecular complexity index is 339. The van der Waals surface area contributed by atoms with Gasteiger partial charge in [-0.25, -0.2) is 0 Å². The Morgan fingerprint density at radius 1 is 1.28 bits per heavy atom. The standard InChI is InChI=1S/C15H26N2O/c1-5-16-13(2)14-9-6-7-10-15(14)18-12-8-11-17(3)4/h6-7,9-10,13,16H,5,8,11-12H2,1-4H3. The quantitative estimate of drug-likeness (QED) is 0.718. The molecule has 3 heteroatoms. The number of nitrogens with zero attached hydrogens (tertiary/aromatic N) is 1. The van der Waals surface area contributed by atoms with Crippen LogP contribution >= 0.6 is 0 Å². The molecule has 0 saturated carbocycles. The van der Waals surface area contributed by atoms with Gasteiger partial charge in [0.25, 0.3) is 0 Å². The first kappa shape index (κ1) is 15.0. The van der Waals surface area contributed by atoms with E-state index in [0.29, 0.717) is 6.04 Å². The number of ether oxygens (including phenoxy) is 1. The van der Waals surface area contributed by atoms with Gasteiger partial charge < -0.3 is 15.0 Å². The molecular formula is C15H26N2O. The fourth-order valence-electron chi connectivity index (χ4n) is 1.95. The van der Waals surface area contributed by atoms with Gasteiger partial charge in [-0.3, -0.25) is 0 Å². The molecule has 1 aromatic rings. The van der Waals surface area contributed by atoms with Crippen LogP contribution in [0.4, 0.5) is 0 Å². The predicted octanol–water partition coefficient (Wildman–Crippen LogP) is 2.69. The molecule has 3 nitrogen and oxygen atoms in total. The van der Waals surface area contributed by atoms with Crippen LogP contribution in [0.3, 0.4) is 0 Å². The minimum absolute atomic E-state index is 0.333. The van der Waals surface area contributed by atoms with E-state index in [4.69, 9.17) is 4.74 Å². The van der Waals surface area contributed by atoms with Gasteiger partial charge in [0.05, 0.1) is 6.61 Å². The summed E-state index contributed by atoms with van der Waals surface area (Å²) in [6, 6.07) is 8.62. The molecule has 0 spiro atoms. The highest BCUT2D eigenvalue weighted by atomic mass is 16.5. The van der Waals surface area contributed by atoms with Gasteiger partial charge in [-0.2, -0.15) is 0 Å². The second kappa shape index (κ2) is 8.11. The van der Waals surface area contributed by atoms with Crippen molar-refractivity contribution in [3.8, 4) is 5.75 Å². The van der Waals surface area contributed by atoms with Crippen LogP contribution in [-0.2, 0) is 0 Å². The summed E-state index contributed by atoms with van der Waals surface area (Å²) in [4.78, 5) is 2.18. The number of rotatable bonds is 8. The summed E-state index contributed by atoms with van der Waals surface area (Å²) in [5.41, 5.74) is 1.24. The summed E-state index contributed by atoms with van der Waals surface area (Å²) >= 11 is 0. The molecule has 0 aliphatic rings. The smallest absolute Gasteiger partial charge is 0.124 e. The van der Waals surface area contributed by atoms with E-state index in [0.717, 1.165) is 31.9 Å². The number of nitrogens with one attached hydrogen (secondary N) is 1. The van der Waals surface area contributed by atoms with Crippen LogP contribution in [-0.4, -0.2) is 38.7 Å². The van der Waals surface area contributed by atoms with Gasteiger partial charge in [-0.1, -0.05) is 25.1 Å². The molecule has 1 N–H and O–H groups in total. The molecule has 0 aliphatic carbocycles. The van der Waals surface area contributed by atoms with Crippen molar-refractivity contribution in [1.29, 1.82) is 0 Å². The third-order valence-corrected chi connectivity index (χ3v) is 2.90. The molecule has 18 heavy (non-hydrogen) atoms. The highest BCUT2D eigenvalue weighted by Crippen LogP contribution is 2.24. The zero-order valence-corrected chi connectivity index (χ0v) is 12.1. The summed E-state index contributed by atoms with van der Waals surface area (Å²) in [5, 5.41) is 3.42. The summed E-state index contributed by atoms with van der Waals surface area (Å²) < 4.78 is 5.89. The molecule has 0 amide bonds. The number of benzene rings is 1. The van der Waals surface area contributed by atoms with E-state index in [1.54, 1.807) is 0 Å². The predicted molar refractivity (Wildman–Crippen MR) is 77.2 cm³/mol. The fraction of sp³-hybridized carbons (Fsp3) is 0.600. The summed E-state index contributed by atoms with van der Waals surface area (Å²) in [5.74, 6) is 1.00. The van der Waals surface area contributed by atoms with E-state index < -0.39 is 0 Å². The van der Waals surface area contributed by atoms with Crippen LogP contribution in [0.25, 0.3) is 0 Å². The maximum atomic E-state index is 5.89. The topological polar surface area (TPSA) is 24.5 Å². The minimum atomic E-state index is 0.333. The summed E-state index contributed by atoms with van der Waals surface area (Å²) in [7, 11) is 4.17. The zero-order valence-electron chi connectivity index (χ0n) is 12.1. The fourth-order valence-corrected chi connectivity index (χ4v) is 1.95. The molecular weight excluding hydrogens is 224 g/mol. The lowest BCUT2D eigenvalue weighted by Crippen LogP contribution is -2.19. The number of hydrogen-bond donors (Lipinski definition) is 1. The lowest BCUT2D eigenvalue weighted by molar-refractivity contribution is 0.277. The molecule has 1 unspecified atom stereocenters. The Kier molecular flexibility index (Phi) is 6.76. The minimum Gasteiger partial charge on any atom is -0.493 e. The van der Waals surface area contributed by atoms with Crippen molar-refractivity contribution in [1.82, 2.24) is 10.2 Å². The van der Waals surface area contributed by atoms with Crippen LogP contribution in [0.2, 0.25) is 0 Å². The van der Waals surface area contributed by atoms with E-state index >= 15 is 0 Å². The monoisotopic (exact) mass is 250 g/mol. The van der Waals surface area contributed by atoms with Crippen LogP contribution in [0.1, 0.15) is 31.9 Å². The van der Waals surface area contributed by atoms with E-state index in [2.05, 4.69) is 56.4 Å². The van der Waals surface area contributed by atoms with Crippen molar-refractivity contribution in [2.45, 2.75) is 26.3 Å². The second-order valence-electron chi connectivity index (χ2n) is 4.82. The van der Waals surface area contributed by atoms with Crippen LogP contribution in [0.15, 0.2) is 24.3 Å². The highest BCUT2D eigenvalue weighted by Gasteiger charge is 2.09. The first-order chi connectivity index (χ1) is 8.65. The van der Waals surface area contributed by atoms with Gasteiger partial charge in [0.2, 0.25) is 0 Å². The SMILES string of the molecule is CCNC(C)c1ccccc1OCCCN(C)C. The van der Waals surface area contributed by atoms with Crippen molar-refractivity contribution >= 4 is 0 Å². The molecule has 0 aliphatic heterocycles. The van der Waals surface area contributed by atoms with Gasteiger partial charge >= 0.3 is 0 Å². The van der Waals surface area contributed by atoms with E-state index in [-0.39, 0.29) is 0 Å². The lowest BCUT2D eigenvalue weighted by atomic mass is 10.1. The molecule has 1 aromatic carbocycles. The normalized spacial score (nSPS) is 12.7. The van der Waals surface area contributed by atoms with Crippen LogP contribution in [0, 0.1) is 0 Å². The Morgan fingerprint density at radius 2 is 2.00 bits per heavy atom. The first-order valence-electron chi connectivity index (χ1n) is 6.75. The van der Waals surface area contributed by atoms with Crippen LogP contribution in [0.5, 0.6) is 5.75 Å². The maximum Gasteiger partial charge on any atom is 0.124 e. The summed E-state index contributed by atoms with van der Waals surface area (Å²) in [6.07, 6.45) is 1.05. The zero-order chi connectivity index (χ0) is 13.4. The molecule has 0 fully saturated rings. The van der Waals surface area contributed by atoms with E-state index in [1.807, 2.05) is 6.07 Å². The van der Waals surface area contributed by atoms with Crippen molar-refractivity contribution in [2.75, 3.05) is 33.8 Å². The Hall–Kier alpha value is -1.06. The van der Waals surface area contributed by atoms with Gasteiger partial charge in [-0.15, -0.1) is 0 Å². The maximum absolute atomic E-state index is 5.89. The lowest BCUT2D eigenvalue weighted by Gasteiger charge is -2.18.